The molecule has 0 radical (unpaired) electrons. The first-order valence-corrected chi connectivity index (χ1v) is 9.84. The van der Waals surface area contributed by atoms with Crippen LogP contribution in [0.15, 0.2) is 53.0 Å². The molecule has 1 N–H and O–H groups in total. The number of likely N-dealkylation sites (N-methyl/N-ethyl adjacent to an activating group) is 1. The number of halogens is 1. The van der Waals surface area contributed by atoms with Gasteiger partial charge in [0.1, 0.15) is 0 Å². The van der Waals surface area contributed by atoms with Crippen LogP contribution in [0.3, 0.4) is 0 Å². The van der Waals surface area contributed by atoms with Crippen molar-refractivity contribution in [3.8, 4) is 12.3 Å². The number of hydrogen-bond acceptors (Lipinski definition) is 3. The first kappa shape index (κ1) is 20.6. The fraction of sp³-hybridized carbons (Fsp3) is 0.227. The third-order valence-corrected chi connectivity index (χ3v) is 5.16. The van der Waals surface area contributed by atoms with Gasteiger partial charge in [0.05, 0.1) is 12.5 Å². The van der Waals surface area contributed by atoms with Gasteiger partial charge in [0.2, 0.25) is 17.7 Å². The molecule has 29 heavy (non-hydrogen) atoms. The molecule has 2 aromatic carbocycles. The lowest BCUT2D eigenvalue weighted by Crippen LogP contribution is -2.39. The third-order valence-electron chi connectivity index (χ3n) is 4.66. The van der Waals surface area contributed by atoms with E-state index in [1.165, 1.54) is 4.90 Å². The molecule has 0 spiro atoms. The van der Waals surface area contributed by atoms with Crippen molar-refractivity contribution in [3.63, 3.8) is 0 Å². The summed E-state index contributed by atoms with van der Waals surface area (Å²) < 4.78 is 0.861. The van der Waals surface area contributed by atoms with E-state index < -0.39 is 5.92 Å². The van der Waals surface area contributed by atoms with E-state index in [4.69, 9.17) is 6.42 Å². The number of anilines is 2. The highest BCUT2D eigenvalue weighted by Crippen LogP contribution is 2.28. The Hall–Kier alpha value is -3.11. The minimum Gasteiger partial charge on any atom is -0.336 e. The Morgan fingerprint density at radius 2 is 2.03 bits per heavy atom. The molecule has 0 aliphatic carbocycles. The largest absolute Gasteiger partial charge is 0.336 e. The van der Waals surface area contributed by atoms with Crippen molar-refractivity contribution < 1.29 is 14.4 Å². The molecule has 3 rings (SSSR count). The quantitative estimate of drug-likeness (QED) is 0.707. The van der Waals surface area contributed by atoms with Crippen molar-refractivity contribution in [2.45, 2.75) is 6.42 Å². The van der Waals surface area contributed by atoms with E-state index in [0.717, 1.165) is 10.2 Å². The Bertz CT molecular complexity index is 999. The van der Waals surface area contributed by atoms with Crippen molar-refractivity contribution in [1.82, 2.24) is 4.90 Å². The molecule has 1 fully saturated rings. The number of carbonyl (C=O) groups excluding carboxylic acids is 3. The van der Waals surface area contributed by atoms with Crippen molar-refractivity contribution in [2.24, 2.45) is 5.92 Å². The first-order chi connectivity index (χ1) is 13.9. The zero-order valence-corrected chi connectivity index (χ0v) is 17.5. The van der Waals surface area contributed by atoms with Gasteiger partial charge in [-0.05, 0) is 36.4 Å². The molecule has 1 aliphatic rings. The average Bonchev–Trinajstić information content (AvgIpc) is 3.09. The van der Waals surface area contributed by atoms with Gasteiger partial charge >= 0.3 is 0 Å². The molecule has 0 saturated carbocycles. The number of nitrogens with one attached hydrogen (secondary N) is 1. The summed E-state index contributed by atoms with van der Waals surface area (Å²) in [7, 11) is 1.56. The lowest BCUT2D eigenvalue weighted by molar-refractivity contribution is -0.137. The highest BCUT2D eigenvalue weighted by Gasteiger charge is 2.36. The third kappa shape index (κ3) is 5.04. The van der Waals surface area contributed by atoms with Crippen LogP contribution >= 0.6 is 15.9 Å². The predicted octanol–water partition coefficient (Wildman–Crippen LogP) is 2.88. The Morgan fingerprint density at radius 3 is 2.76 bits per heavy atom. The van der Waals surface area contributed by atoms with Gasteiger partial charge in [-0.25, -0.2) is 0 Å². The summed E-state index contributed by atoms with van der Waals surface area (Å²) in [5.74, 6) is 1.35. The topological polar surface area (TPSA) is 69.7 Å². The molecular weight excluding hydrogens is 434 g/mol. The molecule has 0 aromatic heterocycles. The second kappa shape index (κ2) is 8.93. The standard InChI is InChI=1S/C22H20BrN3O3/c1-3-15-6-4-8-18(10-15)24-20(27)14-25(2)22(29)16-11-21(28)26(13-16)19-9-5-7-17(23)12-19/h1,4-10,12,16H,11,13-14H2,2H3,(H,24,27). The van der Waals surface area contributed by atoms with Gasteiger partial charge in [-0.15, -0.1) is 6.42 Å². The summed E-state index contributed by atoms with van der Waals surface area (Å²) in [4.78, 5) is 40.4. The van der Waals surface area contributed by atoms with Gasteiger partial charge < -0.3 is 15.1 Å². The van der Waals surface area contributed by atoms with Crippen LogP contribution in [0.5, 0.6) is 0 Å². The molecule has 2 aromatic rings. The highest BCUT2D eigenvalue weighted by molar-refractivity contribution is 9.10. The zero-order chi connectivity index (χ0) is 21.0. The minimum atomic E-state index is -0.482. The van der Waals surface area contributed by atoms with Gasteiger partial charge in [0, 0.05) is 41.4 Å². The lowest BCUT2D eigenvalue weighted by atomic mass is 10.1. The predicted molar refractivity (Wildman–Crippen MR) is 115 cm³/mol. The van der Waals surface area contributed by atoms with Crippen LogP contribution in [-0.4, -0.2) is 42.8 Å². The maximum absolute atomic E-state index is 12.8. The zero-order valence-electron chi connectivity index (χ0n) is 15.9. The minimum absolute atomic E-state index is 0.106. The van der Waals surface area contributed by atoms with E-state index in [1.807, 2.05) is 24.3 Å². The summed E-state index contributed by atoms with van der Waals surface area (Å²) in [5, 5.41) is 2.73. The molecule has 1 atom stereocenters. The van der Waals surface area contributed by atoms with E-state index in [9.17, 15) is 14.4 Å². The Morgan fingerprint density at radius 1 is 1.28 bits per heavy atom. The molecule has 1 unspecified atom stereocenters. The number of terminal acetylenes is 1. The molecule has 1 saturated heterocycles. The van der Waals surface area contributed by atoms with Crippen molar-refractivity contribution >= 4 is 45.0 Å². The molecule has 7 heteroatoms. The summed E-state index contributed by atoms with van der Waals surface area (Å²) >= 11 is 3.39. The van der Waals surface area contributed by atoms with Gasteiger partial charge in [0.15, 0.2) is 0 Å². The summed E-state index contributed by atoms with van der Waals surface area (Å²) in [6.07, 6.45) is 5.49. The Balaban J connectivity index is 1.59. The number of nitrogens with zero attached hydrogens (tertiary/aromatic N) is 2. The second-order valence-electron chi connectivity index (χ2n) is 6.85. The fourth-order valence-corrected chi connectivity index (χ4v) is 3.65. The van der Waals surface area contributed by atoms with Crippen molar-refractivity contribution in [1.29, 1.82) is 0 Å². The number of rotatable bonds is 5. The van der Waals surface area contributed by atoms with Gasteiger partial charge in [0.25, 0.3) is 0 Å². The van der Waals surface area contributed by atoms with E-state index in [2.05, 4.69) is 27.2 Å². The van der Waals surface area contributed by atoms with Crippen LogP contribution in [-0.2, 0) is 14.4 Å². The maximum atomic E-state index is 12.8. The van der Waals surface area contributed by atoms with Crippen LogP contribution in [0.2, 0.25) is 0 Å². The Labute approximate surface area is 178 Å². The average molecular weight is 454 g/mol. The lowest BCUT2D eigenvalue weighted by Gasteiger charge is -2.21. The van der Waals surface area contributed by atoms with E-state index in [0.29, 0.717) is 17.8 Å². The highest BCUT2D eigenvalue weighted by atomic mass is 79.9. The van der Waals surface area contributed by atoms with Crippen LogP contribution in [0.4, 0.5) is 11.4 Å². The second-order valence-corrected chi connectivity index (χ2v) is 7.77. The smallest absolute Gasteiger partial charge is 0.243 e. The van der Waals surface area contributed by atoms with Crippen LogP contribution in [0.25, 0.3) is 0 Å². The van der Waals surface area contributed by atoms with Gasteiger partial charge in [-0.3, -0.25) is 14.4 Å². The van der Waals surface area contributed by atoms with E-state index in [1.54, 1.807) is 36.2 Å². The van der Waals surface area contributed by atoms with Crippen LogP contribution < -0.4 is 10.2 Å². The first-order valence-electron chi connectivity index (χ1n) is 9.05. The number of benzene rings is 2. The van der Waals surface area contributed by atoms with E-state index >= 15 is 0 Å². The molecule has 148 valence electrons. The van der Waals surface area contributed by atoms with E-state index in [-0.39, 0.29) is 30.7 Å². The summed E-state index contributed by atoms with van der Waals surface area (Å²) in [5.41, 5.74) is 1.97. The molecule has 0 bridgehead atoms. The number of carbonyl (C=O) groups is 3. The maximum Gasteiger partial charge on any atom is 0.243 e. The molecule has 1 aliphatic heterocycles. The van der Waals surface area contributed by atoms with Gasteiger partial charge in [-0.2, -0.15) is 0 Å². The SMILES string of the molecule is C#Cc1cccc(NC(=O)CN(C)C(=O)C2CC(=O)N(c3cccc(Br)c3)C2)c1. The molecular formula is C22H20BrN3O3. The van der Waals surface area contributed by atoms with Crippen molar-refractivity contribution in [2.75, 3.05) is 30.4 Å². The van der Waals surface area contributed by atoms with Crippen molar-refractivity contribution in [3.05, 3.63) is 58.6 Å². The number of amides is 3. The monoisotopic (exact) mass is 453 g/mol. The summed E-state index contributed by atoms with van der Waals surface area (Å²) in [6.45, 7) is 0.185. The van der Waals surface area contributed by atoms with Crippen LogP contribution in [0, 0.1) is 18.3 Å². The van der Waals surface area contributed by atoms with Gasteiger partial charge in [-0.1, -0.05) is 34.0 Å². The van der Waals surface area contributed by atoms with Crippen LogP contribution in [0.1, 0.15) is 12.0 Å². The fourth-order valence-electron chi connectivity index (χ4n) is 3.26. The number of hydrogen-bond donors (Lipinski definition) is 1. The Kier molecular flexibility index (Phi) is 6.35. The molecule has 3 amide bonds. The summed E-state index contributed by atoms with van der Waals surface area (Å²) in [6, 6.07) is 14.3. The normalized spacial score (nSPS) is 15.7. The molecule has 6 nitrogen and oxygen atoms in total. The molecule has 1 heterocycles.